The molecule has 138 valence electrons. The Labute approximate surface area is 144 Å². The molecule has 1 aliphatic carbocycles. The molecule has 25 heavy (non-hydrogen) atoms. The van der Waals surface area contributed by atoms with Crippen LogP contribution in [0.25, 0.3) is 0 Å². The van der Waals surface area contributed by atoms with Crippen LogP contribution in [0.5, 0.6) is 0 Å². The predicted molar refractivity (Wildman–Crippen MR) is 84.7 cm³/mol. The molecule has 9 heteroatoms. The second-order valence-electron chi connectivity index (χ2n) is 6.79. The molecule has 1 fully saturated rings. The van der Waals surface area contributed by atoms with E-state index in [4.69, 9.17) is 5.73 Å². The molecule has 2 aliphatic rings. The fraction of sp³-hybridized carbons (Fsp3) is 0.562. The van der Waals surface area contributed by atoms with Gasteiger partial charge in [-0.2, -0.15) is 17.5 Å². The Kier molecular flexibility index (Phi) is 4.57. The van der Waals surface area contributed by atoms with Gasteiger partial charge in [0.2, 0.25) is 15.9 Å². The highest BCUT2D eigenvalue weighted by Crippen LogP contribution is 2.45. The summed E-state index contributed by atoms with van der Waals surface area (Å²) in [7, 11) is -3.88. The second kappa shape index (κ2) is 6.28. The molecular formula is C16H19F3N2O3S. The summed E-state index contributed by atoms with van der Waals surface area (Å²) in [6, 6.07) is 6.16. The molecule has 1 saturated carbocycles. The molecule has 0 unspecified atom stereocenters. The Morgan fingerprint density at radius 1 is 1.20 bits per heavy atom. The van der Waals surface area contributed by atoms with E-state index in [0.717, 1.165) is 15.4 Å². The van der Waals surface area contributed by atoms with Gasteiger partial charge >= 0.3 is 6.18 Å². The first kappa shape index (κ1) is 18.2. The summed E-state index contributed by atoms with van der Waals surface area (Å²) >= 11 is 0. The first-order valence-electron chi connectivity index (χ1n) is 8.00. The topological polar surface area (TPSA) is 80.5 Å². The standard InChI is InChI=1S/C16H19F3N2O3S/c17-16(18,19)13-5-10(6-13)9-25(23,24)21-8-12-4-2-1-3-11(12)7-14(21)15(20)22/h1-4,10,13-14H,5-9H2,(H2,20,22)/t10?,13?,14-/m0/s1. The van der Waals surface area contributed by atoms with E-state index in [2.05, 4.69) is 0 Å². The Morgan fingerprint density at radius 3 is 2.36 bits per heavy atom. The van der Waals surface area contributed by atoms with Gasteiger partial charge in [0.1, 0.15) is 6.04 Å². The van der Waals surface area contributed by atoms with Crippen LogP contribution in [-0.4, -0.2) is 36.6 Å². The van der Waals surface area contributed by atoms with E-state index in [1.807, 2.05) is 6.07 Å². The smallest absolute Gasteiger partial charge is 0.368 e. The summed E-state index contributed by atoms with van der Waals surface area (Å²) in [5.74, 6) is -3.10. The second-order valence-corrected chi connectivity index (χ2v) is 8.76. The molecule has 1 atom stereocenters. The molecule has 0 bridgehead atoms. The number of hydrogen-bond acceptors (Lipinski definition) is 3. The van der Waals surface area contributed by atoms with Crippen LogP contribution >= 0.6 is 0 Å². The number of sulfonamides is 1. The summed E-state index contributed by atoms with van der Waals surface area (Å²) < 4.78 is 64.2. The monoisotopic (exact) mass is 376 g/mol. The van der Waals surface area contributed by atoms with Crippen LogP contribution in [0, 0.1) is 11.8 Å². The number of carbonyl (C=O) groups excluding carboxylic acids is 1. The van der Waals surface area contributed by atoms with Crippen molar-refractivity contribution in [3.8, 4) is 0 Å². The van der Waals surface area contributed by atoms with Crippen molar-refractivity contribution in [1.82, 2.24) is 4.31 Å². The predicted octanol–water partition coefficient (Wildman–Crippen LogP) is 1.82. The van der Waals surface area contributed by atoms with E-state index < -0.39 is 40.0 Å². The average molecular weight is 376 g/mol. The molecule has 0 saturated heterocycles. The number of rotatable bonds is 4. The number of nitrogens with zero attached hydrogens (tertiary/aromatic N) is 1. The van der Waals surface area contributed by atoms with Gasteiger partial charge in [-0.15, -0.1) is 0 Å². The first-order chi connectivity index (χ1) is 11.6. The molecule has 2 N–H and O–H groups in total. The number of fused-ring (bicyclic) bond motifs is 1. The van der Waals surface area contributed by atoms with Gasteiger partial charge in [0.15, 0.2) is 0 Å². The van der Waals surface area contributed by atoms with Crippen LogP contribution in [0.2, 0.25) is 0 Å². The fourth-order valence-corrected chi connectivity index (χ4v) is 5.53. The van der Waals surface area contributed by atoms with Crippen molar-refractivity contribution in [3.63, 3.8) is 0 Å². The lowest BCUT2D eigenvalue weighted by atomic mass is 9.75. The van der Waals surface area contributed by atoms with Crippen LogP contribution in [0.1, 0.15) is 24.0 Å². The highest BCUT2D eigenvalue weighted by molar-refractivity contribution is 7.89. The van der Waals surface area contributed by atoms with E-state index in [0.29, 0.717) is 0 Å². The number of hydrogen-bond donors (Lipinski definition) is 1. The van der Waals surface area contributed by atoms with Gasteiger partial charge in [-0.3, -0.25) is 4.79 Å². The van der Waals surface area contributed by atoms with E-state index in [9.17, 15) is 26.4 Å². The van der Waals surface area contributed by atoms with Gasteiger partial charge in [-0.1, -0.05) is 24.3 Å². The van der Waals surface area contributed by atoms with Crippen molar-refractivity contribution in [2.75, 3.05) is 5.75 Å². The number of alkyl halides is 3. The highest BCUT2D eigenvalue weighted by atomic mass is 32.2. The Bertz CT molecular complexity index is 773. The van der Waals surface area contributed by atoms with Crippen molar-refractivity contribution in [3.05, 3.63) is 35.4 Å². The number of primary amides is 1. The van der Waals surface area contributed by atoms with Gasteiger partial charge in [0.25, 0.3) is 0 Å². The average Bonchev–Trinajstić information content (AvgIpc) is 2.48. The first-order valence-corrected chi connectivity index (χ1v) is 9.61. The SMILES string of the molecule is NC(=O)[C@@H]1Cc2ccccc2CN1S(=O)(=O)CC1CC(C(F)(F)F)C1. The zero-order valence-electron chi connectivity index (χ0n) is 13.4. The number of amides is 1. The Morgan fingerprint density at radius 2 is 1.80 bits per heavy atom. The van der Waals surface area contributed by atoms with Gasteiger partial charge in [0.05, 0.1) is 11.7 Å². The maximum atomic E-state index is 12.7. The molecular weight excluding hydrogens is 357 g/mol. The minimum absolute atomic E-state index is 0.0154. The maximum Gasteiger partial charge on any atom is 0.391 e. The number of nitrogens with two attached hydrogens (primary N) is 1. The molecule has 1 aromatic rings. The molecule has 1 heterocycles. The van der Waals surface area contributed by atoms with Crippen molar-refractivity contribution in [1.29, 1.82) is 0 Å². The lowest BCUT2D eigenvalue weighted by molar-refractivity contribution is -0.202. The molecule has 0 spiro atoms. The summed E-state index contributed by atoms with van der Waals surface area (Å²) in [6.45, 7) is 0.0154. The van der Waals surface area contributed by atoms with Crippen LogP contribution in [-0.2, 0) is 27.8 Å². The van der Waals surface area contributed by atoms with Crippen molar-refractivity contribution < 1.29 is 26.4 Å². The number of benzene rings is 1. The van der Waals surface area contributed by atoms with Crippen LogP contribution in [0.4, 0.5) is 13.2 Å². The van der Waals surface area contributed by atoms with Crippen LogP contribution in [0.3, 0.4) is 0 Å². The van der Waals surface area contributed by atoms with Crippen molar-refractivity contribution >= 4 is 15.9 Å². The molecule has 3 rings (SSSR count). The molecule has 1 aromatic carbocycles. The van der Waals surface area contributed by atoms with E-state index in [-0.39, 0.29) is 31.6 Å². The number of carbonyl (C=O) groups is 1. The van der Waals surface area contributed by atoms with Gasteiger partial charge < -0.3 is 5.73 Å². The third-order valence-electron chi connectivity index (χ3n) is 5.04. The minimum Gasteiger partial charge on any atom is -0.368 e. The molecule has 5 nitrogen and oxygen atoms in total. The Hall–Kier alpha value is -1.61. The van der Waals surface area contributed by atoms with Gasteiger partial charge in [0, 0.05) is 6.54 Å². The third-order valence-corrected chi connectivity index (χ3v) is 7.03. The Balaban J connectivity index is 1.75. The number of halogens is 3. The third kappa shape index (κ3) is 3.67. The van der Waals surface area contributed by atoms with E-state index in [1.54, 1.807) is 18.2 Å². The molecule has 0 radical (unpaired) electrons. The zero-order valence-corrected chi connectivity index (χ0v) is 14.2. The van der Waals surface area contributed by atoms with Gasteiger partial charge in [-0.05, 0) is 36.3 Å². The highest BCUT2D eigenvalue weighted by Gasteiger charge is 2.49. The van der Waals surface area contributed by atoms with E-state index in [1.165, 1.54) is 0 Å². The van der Waals surface area contributed by atoms with E-state index >= 15 is 0 Å². The molecule has 0 aromatic heterocycles. The van der Waals surface area contributed by atoms with Crippen molar-refractivity contribution in [2.24, 2.45) is 17.6 Å². The molecule has 1 amide bonds. The summed E-state index contributed by atoms with van der Waals surface area (Å²) in [5.41, 5.74) is 7.02. The molecule has 1 aliphatic heterocycles. The normalized spacial score (nSPS) is 27.4. The summed E-state index contributed by atoms with van der Waals surface area (Å²) in [6.07, 6.45) is -4.47. The van der Waals surface area contributed by atoms with Crippen LogP contribution in [0.15, 0.2) is 24.3 Å². The summed E-state index contributed by atoms with van der Waals surface area (Å²) in [5, 5.41) is 0. The fourth-order valence-electron chi connectivity index (χ4n) is 3.57. The lowest BCUT2D eigenvalue weighted by Crippen LogP contribution is -2.53. The maximum absolute atomic E-state index is 12.7. The largest absolute Gasteiger partial charge is 0.391 e. The quantitative estimate of drug-likeness (QED) is 0.870. The lowest BCUT2D eigenvalue weighted by Gasteiger charge is -2.39. The minimum atomic E-state index is -4.28. The van der Waals surface area contributed by atoms with Crippen molar-refractivity contribution in [2.45, 2.75) is 38.0 Å². The van der Waals surface area contributed by atoms with Crippen LogP contribution < -0.4 is 5.73 Å². The summed E-state index contributed by atoms with van der Waals surface area (Å²) in [4.78, 5) is 11.7. The van der Waals surface area contributed by atoms with Gasteiger partial charge in [-0.25, -0.2) is 8.42 Å². The zero-order chi connectivity index (χ0) is 18.4.